The molecule has 0 aromatic heterocycles. The highest BCUT2D eigenvalue weighted by atomic mass is 16.4. The molecule has 0 aliphatic heterocycles. The van der Waals surface area contributed by atoms with E-state index in [0.29, 0.717) is 24.8 Å². The molecule has 1 amide bonds. The Kier molecular flexibility index (Phi) is 2.60. The van der Waals surface area contributed by atoms with Gasteiger partial charge in [-0.05, 0) is 68.6 Å². The topological polar surface area (TPSA) is 66.4 Å². The standard InChI is InChI=1S/C17H25NO3/c1-15-5-11-4-12(6-15)8-17(7-11,9-15)13(19)18-10-16(2-3-16)14(20)21/h11-12H,2-10H2,1H3,(H,18,19)(H,20,21). The molecule has 4 bridgehead atoms. The third-order valence-electron chi connectivity index (χ3n) is 6.73. The molecular formula is C17H25NO3. The number of carboxylic acids is 1. The Labute approximate surface area is 125 Å². The summed E-state index contributed by atoms with van der Waals surface area (Å²) >= 11 is 0. The van der Waals surface area contributed by atoms with E-state index in [2.05, 4.69) is 12.2 Å². The fourth-order valence-corrected chi connectivity index (χ4v) is 6.04. The van der Waals surface area contributed by atoms with E-state index in [0.717, 1.165) is 31.1 Å². The van der Waals surface area contributed by atoms with Crippen LogP contribution in [-0.2, 0) is 9.59 Å². The van der Waals surface area contributed by atoms with Crippen molar-refractivity contribution >= 4 is 11.9 Å². The second-order valence-electron chi connectivity index (χ2n) is 8.82. The summed E-state index contributed by atoms with van der Waals surface area (Å²) in [6.07, 6.45) is 8.38. The Balaban J connectivity index is 1.48. The molecule has 5 aliphatic carbocycles. The molecule has 0 spiro atoms. The summed E-state index contributed by atoms with van der Waals surface area (Å²) in [5.74, 6) is 0.836. The molecule has 5 saturated carbocycles. The summed E-state index contributed by atoms with van der Waals surface area (Å²) in [5.41, 5.74) is -0.485. The fourth-order valence-electron chi connectivity index (χ4n) is 6.04. The summed E-state index contributed by atoms with van der Waals surface area (Å²) in [6, 6.07) is 0. The van der Waals surface area contributed by atoms with E-state index in [1.807, 2.05) is 0 Å². The molecule has 5 fully saturated rings. The molecule has 4 heteroatoms. The van der Waals surface area contributed by atoms with Gasteiger partial charge in [0.25, 0.3) is 0 Å². The number of aliphatic carboxylic acids is 1. The van der Waals surface area contributed by atoms with E-state index >= 15 is 0 Å². The first-order chi connectivity index (χ1) is 9.85. The van der Waals surface area contributed by atoms with Crippen molar-refractivity contribution in [2.45, 2.75) is 58.3 Å². The molecule has 5 rings (SSSR count). The minimum atomic E-state index is -0.750. The smallest absolute Gasteiger partial charge is 0.311 e. The van der Waals surface area contributed by atoms with Gasteiger partial charge in [-0.3, -0.25) is 9.59 Å². The molecule has 5 aliphatic rings. The van der Waals surface area contributed by atoms with Gasteiger partial charge in [0, 0.05) is 6.54 Å². The second kappa shape index (κ2) is 4.02. The van der Waals surface area contributed by atoms with Crippen LogP contribution in [0.2, 0.25) is 0 Å². The number of hydrogen-bond donors (Lipinski definition) is 2. The molecule has 4 nitrogen and oxygen atoms in total. The lowest BCUT2D eigenvalue weighted by Crippen LogP contribution is -2.57. The first-order valence-corrected chi connectivity index (χ1v) is 8.37. The molecule has 21 heavy (non-hydrogen) atoms. The average Bonchev–Trinajstić information content (AvgIpc) is 3.14. The Hall–Kier alpha value is -1.06. The van der Waals surface area contributed by atoms with Crippen molar-refractivity contribution < 1.29 is 14.7 Å². The zero-order chi connectivity index (χ0) is 14.9. The summed E-state index contributed by atoms with van der Waals surface area (Å²) in [5, 5.41) is 12.3. The molecule has 0 aromatic carbocycles. The molecule has 116 valence electrons. The predicted octanol–water partition coefficient (Wildman–Crippen LogP) is 2.57. The highest BCUT2D eigenvalue weighted by Gasteiger charge is 2.59. The SMILES string of the molecule is CC12CC3CC(C1)CC(C(=O)NCC1(C(=O)O)CC1)(C3)C2. The van der Waals surface area contributed by atoms with Gasteiger partial charge in [0.2, 0.25) is 5.91 Å². The van der Waals surface area contributed by atoms with Crippen molar-refractivity contribution in [1.29, 1.82) is 0 Å². The monoisotopic (exact) mass is 291 g/mol. The highest BCUT2D eigenvalue weighted by molar-refractivity contribution is 5.85. The number of nitrogens with one attached hydrogen (secondary N) is 1. The Bertz CT molecular complexity index is 494. The summed E-state index contributed by atoms with van der Waals surface area (Å²) in [6.45, 7) is 2.68. The van der Waals surface area contributed by atoms with Gasteiger partial charge < -0.3 is 10.4 Å². The normalized spacial score (nSPS) is 45.4. The molecule has 0 radical (unpaired) electrons. The van der Waals surface area contributed by atoms with Gasteiger partial charge in [0.05, 0.1) is 10.8 Å². The van der Waals surface area contributed by atoms with Gasteiger partial charge in [0.1, 0.15) is 0 Å². The molecule has 0 aromatic rings. The molecule has 2 atom stereocenters. The van der Waals surface area contributed by atoms with Gasteiger partial charge in [-0.1, -0.05) is 6.92 Å². The number of carboxylic acid groups (broad SMARTS) is 1. The van der Waals surface area contributed by atoms with Gasteiger partial charge in [-0.15, -0.1) is 0 Å². The van der Waals surface area contributed by atoms with Crippen LogP contribution in [0.5, 0.6) is 0 Å². The van der Waals surface area contributed by atoms with Gasteiger partial charge >= 0.3 is 5.97 Å². The molecule has 2 unspecified atom stereocenters. The van der Waals surface area contributed by atoms with E-state index < -0.39 is 11.4 Å². The predicted molar refractivity (Wildman–Crippen MR) is 77.5 cm³/mol. The van der Waals surface area contributed by atoms with Crippen LogP contribution in [0, 0.1) is 28.1 Å². The molecule has 0 saturated heterocycles. The van der Waals surface area contributed by atoms with Crippen LogP contribution in [0.3, 0.4) is 0 Å². The van der Waals surface area contributed by atoms with Crippen molar-refractivity contribution in [3.63, 3.8) is 0 Å². The Morgan fingerprint density at radius 1 is 1.14 bits per heavy atom. The first kappa shape index (κ1) is 13.6. The van der Waals surface area contributed by atoms with E-state index in [-0.39, 0.29) is 11.3 Å². The van der Waals surface area contributed by atoms with E-state index in [4.69, 9.17) is 0 Å². The van der Waals surface area contributed by atoms with Crippen molar-refractivity contribution in [3.8, 4) is 0 Å². The largest absolute Gasteiger partial charge is 0.481 e. The number of carbonyl (C=O) groups excluding carboxylic acids is 1. The van der Waals surface area contributed by atoms with E-state index in [1.165, 1.54) is 19.3 Å². The molecular weight excluding hydrogens is 266 g/mol. The van der Waals surface area contributed by atoms with Crippen LogP contribution in [0.1, 0.15) is 58.3 Å². The number of hydrogen-bond acceptors (Lipinski definition) is 2. The van der Waals surface area contributed by atoms with Crippen LogP contribution in [0.15, 0.2) is 0 Å². The van der Waals surface area contributed by atoms with E-state index in [9.17, 15) is 14.7 Å². The van der Waals surface area contributed by atoms with Crippen molar-refractivity contribution in [1.82, 2.24) is 5.32 Å². The zero-order valence-corrected chi connectivity index (χ0v) is 12.8. The maximum Gasteiger partial charge on any atom is 0.311 e. The first-order valence-electron chi connectivity index (χ1n) is 8.37. The maximum absolute atomic E-state index is 12.8. The quantitative estimate of drug-likeness (QED) is 0.836. The van der Waals surface area contributed by atoms with Gasteiger partial charge in [-0.2, -0.15) is 0 Å². The lowest BCUT2D eigenvalue weighted by atomic mass is 9.44. The van der Waals surface area contributed by atoms with Crippen LogP contribution in [0.4, 0.5) is 0 Å². The summed E-state index contributed by atoms with van der Waals surface area (Å²) < 4.78 is 0. The Morgan fingerprint density at radius 2 is 1.76 bits per heavy atom. The van der Waals surface area contributed by atoms with Crippen LogP contribution in [0.25, 0.3) is 0 Å². The van der Waals surface area contributed by atoms with E-state index in [1.54, 1.807) is 0 Å². The van der Waals surface area contributed by atoms with Crippen molar-refractivity contribution in [2.75, 3.05) is 6.54 Å². The Morgan fingerprint density at radius 3 is 2.24 bits per heavy atom. The number of carbonyl (C=O) groups is 2. The lowest BCUT2D eigenvalue weighted by molar-refractivity contribution is -0.156. The summed E-state index contributed by atoms with van der Waals surface area (Å²) in [4.78, 5) is 24.1. The van der Waals surface area contributed by atoms with Crippen LogP contribution in [-0.4, -0.2) is 23.5 Å². The summed E-state index contributed by atoms with van der Waals surface area (Å²) in [7, 11) is 0. The zero-order valence-electron chi connectivity index (χ0n) is 12.8. The molecule has 0 heterocycles. The van der Waals surface area contributed by atoms with Crippen molar-refractivity contribution in [2.24, 2.45) is 28.1 Å². The number of rotatable bonds is 4. The third kappa shape index (κ3) is 2.01. The lowest BCUT2D eigenvalue weighted by Gasteiger charge is -2.60. The van der Waals surface area contributed by atoms with Crippen LogP contribution >= 0.6 is 0 Å². The maximum atomic E-state index is 12.8. The fraction of sp³-hybridized carbons (Fsp3) is 0.882. The highest BCUT2D eigenvalue weighted by Crippen LogP contribution is 2.65. The minimum Gasteiger partial charge on any atom is -0.481 e. The number of amides is 1. The van der Waals surface area contributed by atoms with Gasteiger partial charge in [0.15, 0.2) is 0 Å². The molecule has 2 N–H and O–H groups in total. The van der Waals surface area contributed by atoms with Crippen molar-refractivity contribution in [3.05, 3.63) is 0 Å². The third-order valence-corrected chi connectivity index (χ3v) is 6.73. The van der Waals surface area contributed by atoms with Crippen LogP contribution < -0.4 is 5.32 Å². The van der Waals surface area contributed by atoms with Gasteiger partial charge in [-0.25, -0.2) is 0 Å². The minimum absolute atomic E-state index is 0.148. The second-order valence-corrected chi connectivity index (χ2v) is 8.82. The average molecular weight is 291 g/mol.